The zero-order chi connectivity index (χ0) is 16.7. The van der Waals surface area contributed by atoms with Gasteiger partial charge in [-0.1, -0.05) is 6.92 Å². The van der Waals surface area contributed by atoms with Crippen LogP contribution in [0.1, 0.15) is 39.0 Å². The number of morpholine rings is 1. The average Bonchev–Trinajstić information content (AvgIpc) is 2.49. The Morgan fingerprint density at radius 2 is 2.13 bits per heavy atom. The van der Waals surface area contributed by atoms with Crippen LogP contribution < -0.4 is 5.32 Å². The zero-order valence-electron chi connectivity index (χ0n) is 14.1. The third kappa shape index (κ3) is 2.46. The molecule has 2 saturated carbocycles. The minimum absolute atomic E-state index is 0.00358. The molecule has 1 amide bonds. The summed E-state index contributed by atoms with van der Waals surface area (Å²) in [5.74, 6) is 0.221. The Kier molecular flexibility index (Phi) is 4.16. The minimum atomic E-state index is -0.877. The first-order valence-electron chi connectivity index (χ1n) is 8.54. The minimum Gasteiger partial charge on any atom is -0.394 e. The van der Waals surface area contributed by atoms with E-state index in [-0.39, 0.29) is 18.1 Å². The molecule has 3 fully saturated rings. The van der Waals surface area contributed by atoms with Crippen LogP contribution in [0.5, 0.6) is 0 Å². The Labute approximate surface area is 137 Å². The predicted octanol–water partition coefficient (Wildman–Crippen LogP) is 0.658. The van der Waals surface area contributed by atoms with Crippen LogP contribution in [0.4, 0.5) is 0 Å². The second kappa shape index (κ2) is 5.73. The van der Waals surface area contributed by atoms with E-state index in [2.05, 4.69) is 23.2 Å². The molecule has 1 spiro atoms. The van der Waals surface area contributed by atoms with Crippen LogP contribution in [-0.4, -0.2) is 60.4 Å². The lowest BCUT2D eigenvalue weighted by Gasteiger charge is -2.59. The fraction of sp³-hybridized carbons (Fsp3) is 0.882. The van der Waals surface area contributed by atoms with E-state index in [4.69, 9.17) is 4.74 Å². The van der Waals surface area contributed by atoms with Crippen LogP contribution in [-0.2, 0) is 9.53 Å². The lowest BCUT2D eigenvalue weighted by molar-refractivity contribution is -0.181. The first-order chi connectivity index (χ1) is 10.9. The van der Waals surface area contributed by atoms with Crippen molar-refractivity contribution in [1.29, 1.82) is 5.26 Å². The number of nitriles is 1. The fourth-order valence-electron chi connectivity index (χ4n) is 4.44. The monoisotopic (exact) mass is 321 g/mol. The molecule has 1 unspecified atom stereocenters. The van der Waals surface area contributed by atoms with Crippen molar-refractivity contribution in [3.8, 4) is 6.07 Å². The fourth-order valence-corrected chi connectivity index (χ4v) is 4.44. The molecule has 0 bridgehead atoms. The molecule has 3 rings (SSSR count). The Morgan fingerprint density at radius 3 is 2.61 bits per heavy atom. The van der Waals surface area contributed by atoms with Crippen molar-refractivity contribution < 1.29 is 14.6 Å². The molecule has 6 heteroatoms. The maximum Gasteiger partial charge on any atom is 0.240 e. The molecule has 0 aromatic rings. The number of likely N-dealkylation sites (N-methyl/N-ethyl adjacent to an activating group) is 1. The average molecular weight is 321 g/mol. The van der Waals surface area contributed by atoms with E-state index in [1.807, 2.05) is 7.05 Å². The molecule has 1 saturated heterocycles. The summed E-state index contributed by atoms with van der Waals surface area (Å²) in [6, 6.07) is 2.19. The van der Waals surface area contributed by atoms with Gasteiger partial charge in [-0.3, -0.25) is 9.69 Å². The first-order valence-corrected chi connectivity index (χ1v) is 8.54. The Balaban J connectivity index is 1.67. The molecule has 1 aliphatic heterocycles. The van der Waals surface area contributed by atoms with Crippen LogP contribution in [0, 0.1) is 22.7 Å². The number of ether oxygens (including phenoxy) is 1. The highest BCUT2D eigenvalue weighted by molar-refractivity contribution is 5.86. The van der Waals surface area contributed by atoms with Gasteiger partial charge in [-0.2, -0.15) is 5.26 Å². The summed E-state index contributed by atoms with van der Waals surface area (Å²) >= 11 is 0. The number of aliphatic hydroxyl groups is 1. The summed E-state index contributed by atoms with van der Waals surface area (Å²) in [7, 11) is 2.02. The molecule has 0 aromatic heterocycles. The smallest absolute Gasteiger partial charge is 0.240 e. The van der Waals surface area contributed by atoms with Crippen molar-refractivity contribution in [2.24, 2.45) is 11.3 Å². The lowest BCUT2D eigenvalue weighted by atomic mass is 9.63. The number of aliphatic hydroxyl groups excluding tert-OH is 1. The van der Waals surface area contributed by atoms with Crippen LogP contribution in [0.25, 0.3) is 0 Å². The molecule has 1 heterocycles. The lowest BCUT2D eigenvalue weighted by Crippen LogP contribution is -2.73. The van der Waals surface area contributed by atoms with Gasteiger partial charge < -0.3 is 15.2 Å². The molecular weight excluding hydrogens is 294 g/mol. The van der Waals surface area contributed by atoms with Crippen molar-refractivity contribution in [3.63, 3.8) is 0 Å². The molecule has 6 nitrogen and oxygen atoms in total. The Bertz CT molecular complexity index is 520. The van der Waals surface area contributed by atoms with Crippen LogP contribution >= 0.6 is 0 Å². The van der Waals surface area contributed by atoms with Gasteiger partial charge >= 0.3 is 0 Å². The van der Waals surface area contributed by atoms with Gasteiger partial charge in [-0.15, -0.1) is 0 Å². The Hall–Kier alpha value is -1.16. The summed E-state index contributed by atoms with van der Waals surface area (Å²) < 4.78 is 5.79. The van der Waals surface area contributed by atoms with Gasteiger partial charge in [0, 0.05) is 12.1 Å². The normalized spacial score (nSPS) is 39.1. The molecule has 23 heavy (non-hydrogen) atoms. The molecule has 3 aliphatic rings. The second-order valence-corrected chi connectivity index (χ2v) is 7.90. The molecule has 0 aromatic carbocycles. The van der Waals surface area contributed by atoms with E-state index in [1.165, 1.54) is 6.42 Å². The highest BCUT2D eigenvalue weighted by atomic mass is 16.5. The third-order valence-corrected chi connectivity index (χ3v) is 6.36. The van der Waals surface area contributed by atoms with Crippen molar-refractivity contribution in [3.05, 3.63) is 0 Å². The SMILES string of the molecule is CC1CC(C#N)(C(=O)NCC2(CO)COCC3(CCC3)N2C)C1. The first kappa shape index (κ1) is 16.7. The van der Waals surface area contributed by atoms with E-state index in [0.717, 1.165) is 12.8 Å². The molecular formula is C17H27N3O3. The van der Waals surface area contributed by atoms with E-state index in [1.54, 1.807) is 0 Å². The Morgan fingerprint density at radius 1 is 1.43 bits per heavy atom. The van der Waals surface area contributed by atoms with Gasteiger partial charge in [0.2, 0.25) is 5.91 Å². The molecule has 128 valence electrons. The summed E-state index contributed by atoms with van der Waals surface area (Å²) in [4.78, 5) is 14.7. The molecule has 2 N–H and O–H groups in total. The van der Waals surface area contributed by atoms with Crippen molar-refractivity contribution in [2.45, 2.75) is 50.1 Å². The van der Waals surface area contributed by atoms with Crippen LogP contribution in [0.2, 0.25) is 0 Å². The number of nitrogens with one attached hydrogen (secondary N) is 1. The second-order valence-electron chi connectivity index (χ2n) is 7.90. The van der Waals surface area contributed by atoms with Crippen molar-refractivity contribution >= 4 is 5.91 Å². The number of amides is 1. The van der Waals surface area contributed by atoms with Crippen LogP contribution in [0.15, 0.2) is 0 Å². The van der Waals surface area contributed by atoms with Crippen molar-refractivity contribution in [2.75, 3.05) is 33.4 Å². The molecule has 1 atom stereocenters. The van der Waals surface area contributed by atoms with Gasteiger partial charge in [0.1, 0.15) is 5.41 Å². The van der Waals surface area contributed by atoms with Gasteiger partial charge in [0.05, 0.1) is 31.4 Å². The van der Waals surface area contributed by atoms with Gasteiger partial charge in [-0.25, -0.2) is 0 Å². The van der Waals surface area contributed by atoms with E-state index >= 15 is 0 Å². The third-order valence-electron chi connectivity index (χ3n) is 6.36. The summed E-state index contributed by atoms with van der Waals surface area (Å²) in [5.41, 5.74) is -1.47. The quantitative estimate of drug-likeness (QED) is 0.794. The van der Waals surface area contributed by atoms with Crippen LogP contribution in [0.3, 0.4) is 0 Å². The number of carbonyl (C=O) groups is 1. The predicted molar refractivity (Wildman–Crippen MR) is 84.4 cm³/mol. The number of carbonyl (C=O) groups excluding carboxylic acids is 1. The van der Waals surface area contributed by atoms with Gasteiger partial charge in [-0.05, 0) is 45.1 Å². The zero-order valence-corrected chi connectivity index (χ0v) is 14.1. The van der Waals surface area contributed by atoms with Gasteiger partial charge in [0.25, 0.3) is 0 Å². The highest BCUT2D eigenvalue weighted by Gasteiger charge is 2.54. The maximum atomic E-state index is 12.5. The summed E-state index contributed by atoms with van der Waals surface area (Å²) in [6.45, 7) is 3.40. The standard InChI is InChI=1S/C17H27N3O3/c1-13-6-15(7-13,8-18)14(22)19-9-17(10-21)12-23-11-16(20(17)2)4-3-5-16/h13,21H,3-7,9-12H2,1-2H3,(H,19,22). The van der Waals surface area contributed by atoms with E-state index < -0.39 is 11.0 Å². The topological polar surface area (TPSA) is 85.6 Å². The van der Waals surface area contributed by atoms with E-state index in [0.29, 0.717) is 38.5 Å². The largest absolute Gasteiger partial charge is 0.394 e. The highest BCUT2D eigenvalue weighted by Crippen LogP contribution is 2.46. The summed E-state index contributed by atoms with van der Waals surface area (Å²) in [5, 5.41) is 22.3. The number of rotatable bonds is 4. The number of hydrogen-bond acceptors (Lipinski definition) is 5. The molecule has 2 aliphatic carbocycles. The molecule has 0 radical (unpaired) electrons. The maximum absolute atomic E-state index is 12.5. The number of nitrogens with zero attached hydrogens (tertiary/aromatic N) is 2. The van der Waals surface area contributed by atoms with Gasteiger partial charge in [0.15, 0.2) is 0 Å². The van der Waals surface area contributed by atoms with E-state index in [9.17, 15) is 15.2 Å². The van der Waals surface area contributed by atoms with Crippen molar-refractivity contribution in [1.82, 2.24) is 10.2 Å². The summed E-state index contributed by atoms with van der Waals surface area (Å²) in [6.07, 6.45) is 4.56. The number of hydrogen-bond donors (Lipinski definition) is 2.